The van der Waals surface area contributed by atoms with E-state index in [1.54, 1.807) is 0 Å². The maximum Gasteiger partial charge on any atom is 0.304 e. The van der Waals surface area contributed by atoms with E-state index in [-0.39, 0.29) is 22.9 Å². The molecule has 18 heavy (non-hydrogen) atoms. The number of thioether (sulfide) groups is 1. The zero-order valence-electron chi connectivity index (χ0n) is 12.0. The van der Waals surface area contributed by atoms with Crippen molar-refractivity contribution in [2.75, 3.05) is 5.75 Å². The number of rotatable bonds is 3. The summed E-state index contributed by atoms with van der Waals surface area (Å²) in [5.41, 5.74) is -0.344. The van der Waals surface area contributed by atoms with E-state index >= 15 is 0 Å². The van der Waals surface area contributed by atoms with Crippen molar-refractivity contribution in [1.82, 2.24) is 0 Å². The van der Waals surface area contributed by atoms with Gasteiger partial charge in [-0.2, -0.15) is 0 Å². The van der Waals surface area contributed by atoms with Crippen LogP contribution in [-0.4, -0.2) is 25.2 Å². The molecular weight excluding hydrogens is 264 g/mol. The van der Waals surface area contributed by atoms with E-state index in [0.29, 0.717) is 5.75 Å². The second-order valence-electron chi connectivity index (χ2n) is 5.94. The van der Waals surface area contributed by atoms with Crippen LogP contribution in [0.15, 0.2) is 0 Å². The van der Waals surface area contributed by atoms with E-state index in [2.05, 4.69) is 11.8 Å². The third-order valence-electron chi connectivity index (χ3n) is 1.67. The van der Waals surface area contributed by atoms with Gasteiger partial charge in [-0.15, -0.1) is 0 Å². The molecule has 0 aliphatic rings. The van der Waals surface area contributed by atoms with Crippen LogP contribution in [-0.2, 0) is 14.0 Å². The molecule has 102 valence electrons. The van der Waals surface area contributed by atoms with Crippen LogP contribution in [0, 0.1) is 17.3 Å². The van der Waals surface area contributed by atoms with Crippen molar-refractivity contribution >= 4 is 31.2 Å². The summed E-state index contributed by atoms with van der Waals surface area (Å²) in [5.74, 6) is 5.71. The van der Waals surface area contributed by atoms with Crippen molar-refractivity contribution in [3.05, 3.63) is 0 Å². The molecule has 0 N–H and O–H groups in total. The summed E-state index contributed by atoms with van der Waals surface area (Å²) in [5, 5.41) is 0.112. The highest BCUT2D eigenvalue weighted by Crippen LogP contribution is 2.22. The number of hydrogen-bond donors (Lipinski definition) is 0. The standard InChI is InChI=1S/C13H22O3SSi/c1-13(2,3)12(15)17-10-8-7-9-11(14)16-18(4,5)6/h9-10H2,1-6H3. The molecule has 5 heteroatoms. The summed E-state index contributed by atoms with van der Waals surface area (Å²) in [7, 11) is -1.81. The Labute approximate surface area is 115 Å². The minimum atomic E-state index is -1.81. The molecule has 0 atom stereocenters. The minimum absolute atomic E-state index is 0.106. The van der Waals surface area contributed by atoms with E-state index in [1.165, 1.54) is 11.8 Å². The first-order valence-corrected chi connectivity index (χ1v) is 10.3. The first-order chi connectivity index (χ1) is 8.02. The fourth-order valence-corrected chi connectivity index (χ4v) is 2.37. The van der Waals surface area contributed by atoms with Crippen LogP contribution < -0.4 is 0 Å². The highest BCUT2D eigenvalue weighted by atomic mass is 32.2. The average molecular weight is 286 g/mol. The van der Waals surface area contributed by atoms with E-state index in [4.69, 9.17) is 4.43 Å². The van der Waals surface area contributed by atoms with Gasteiger partial charge in [-0.1, -0.05) is 44.4 Å². The number of carbonyl (C=O) groups is 2. The van der Waals surface area contributed by atoms with Crippen LogP contribution in [0.25, 0.3) is 0 Å². The molecule has 0 spiro atoms. The van der Waals surface area contributed by atoms with Crippen LogP contribution in [0.2, 0.25) is 19.6 Å². The highest BCUT2D eigenvalue weighted by molar-refractivity contribution is 8.13. The van der Waals surface area contributed by atoms with Crippen molar-refractivity contribution in [2.24, 2.45) is 5.41 Å². The smallest absolute Gasteiger partial charge is 0.304 e. The lowest BCUT2D eigenvalue weighted by molar-refractivity contribution is -0.133. The molecule has 0 aromatic heterocycles. The molecule has 0 amide bonds. The average Bonchev–Trinajstić information content (AvgIpc) is 2.12. The first-order valence-electron chi connectivity index (χ1n) is 5.87. The summed E-state index contributed by atoms with van der Waals surface area (Å²) >= 11 is 1.19. The van der Waals surface area contributed by atoms with Gasteiger partial charge in [-0.05, 0) is 19.6 Å². The van der Waals surface area contributed by atoms with Crippen molar-refractivity contribution < 1.29 is 14.0 Å². The zero-order chi connectivity index (χ0) is 14.4. The molecule has 0 saturated carbocycles. The Hall–Kier alpha value is -0.733. The zero-order valence-corrected chi connectivity index (χ0v) is 13.9. The summed E-state index contributed by atoms with van der Waals surface area (Å²) in [6, 6.07) is 0. The molecular formula is C13H22O3SSi. The molecule has 0 aromatic rings. The fourth-order valence-electron chi connectivity index (χ4n) is 0.881. The molecule has 0 fully saturated rings. The van der Waals surface area contributed by atoms with Gasteiger partial charge in [-0.25, -0.2) is 0 Å². The van der Waals surface area contributed by atoms with Crippen LogP contribution in [0.3, 0.4) is 0 Å². The second-order valence-corrected chi connectivity index (χ2v) is 11.3. The molecule has 0 rings (SSSR count). The van der Waals surface area contributed by atoms with Gasteiger partial charge in [0.25, 0.3) is 0 Å². The van der Waals surface area contributed by atoms with Crippen molar-refractivity contribution in [3.8, 4) is 11.8 Å². The predicted molar refractivity (Wildman–Crippen MR) is 78.8 cm³/mol. The topological polar surface area (TPSA) is 43.4 Å². The maximum absolute atomic E-state index is 11.6. The van der Waals surface area contributed by atoms with Gasteiger partial charge in [0.15, 0.2) is 5.12 Å². The third-order valence-corrected chi connectivity index (χ3v) is 3.67. The highest BCUT2D eigenvalue weighted by Gasteiger charge is 2.21. The lowest BCUT2D eigenvalue weighted by Gasteiger charge is -2.15. The van der Waals surface area contributed by atoms with Crippen LogP contribution in [0.4, 0.5) is 0 Å². The van der Waals surface area contributed by atoms with Gasteiger partial charge in [0.2, 0.25) is 8.32 Å². The Morgan fingerprint density at radius 1 is 1.17 bits per heavy atom. The number of carbonyl (C=O) groups excluding carboxylic acids is 2. The molecule has 0 bridgehead atoms. The van der Waals surface area contributed by atoms with Gasteiger partial charge in [-0.3, -0.25) is 9.59 Å². The van der Waals surface area contributed by atoms with Crippen LogP contribution in [0.5, 0.6) is 0 Å². The SMILES string of the molecule is CC(C)(C)C(=O)SCC#CCC(=O)O[Si](C)(C)C. The Bertz CT molecular complexity index is 366. The van der Waals surface area contributed by atoms with Gasteiger partial charge in [0.05, 0.1) is 5.75 Å². The van der Waals surface area contributed by atoms with Gasteiger partial charge < -0.3 is 4.43 Å². The normalized spacial score (nSPS) is 11.4. The molecule has 0 heterocycles. The Balaban J connectivity index is 3.95. The van der Waals surface area contributed by atoms with Crippen LogP contribution >= 0.6 is 11.8 Å². The van der Waals surface area contributed by atoms with E-state index in [0.717, 1.165) is 0 Å². The molecule has 0 aliphatic heterocycles. The largest absolute Gasteiger partial charge is 0.519 e. The second kappa shape index (κ2) is 7.00. The molecule has 0 radical (unpaired) electrons. The van der Waals surface area contributed by atoms with Crippen molar-refractivity contribution in [2.45, 2.75) is 46.8 Å². The third kappa shape index (κ3) is 9.31. The predicted octanol–water partition coefficient (Wildman–Crippen LogP) is 3.06. The molecule has 0 aromatic carbocycles. The Morgan fingerprint density at radius 2 is 1.72 bits per heavy atom. The summed E-state index contributed by atoms with van der Waals surface area (Å²) < 4.78 is 5.24. The van der Waals surface area contributed by atoms with Gasteiger partial charge in [0, 0.05) is 5.41 Å². The van der Waals surface area contributed by atoms with Crippen molar-refractivity contribution in [1.29, 1.82) is 0 Å². The molecule has 0 saturated heterocycles. The minimum Gasteiger partial charge on any atom is -0.519 e. The van der Waals surface area contributed by atoms with Gasteiger partial charge >= 0.3 is 5.97 Å². The quantitative estimate of drug-likeness (QED) is 0.591. The monoisotopic (exact) mass is 286 g/mol. The summed E-state index contributed by atoms with van der Waals surface area (Å²) in [6.07, 6.45) is 0.106. The van der Waals surface area contributed by atoms with E-state index in [9.17, 15) is 9.59 Å². The molecule has 0 aliphatic carbocycles. The summed E-state index contributed by atoms with van der Waals surface area (Å²) in [4.78, 5) is 22.9. The van der Waals surface area contributed by atoms with Crippen LogP contribution in [0.1, 0.15) is 27.2 Å². The molecule has 0 unspecified atom stereocenters. The van der Waals surface area contributed by atoms with E-state index in [1.807, 2.05) is 40.4 Å². The first kappa shape index (κ1) is 17.3. The maximum atomic E-state index is 11.6. The van der Waals surface area contributed by atoms with Crippen molar-refractivity contribution in [3.63, 3.8) is 0 Å². The number of hydrogen-bond acceptors (Lipinski definition) is 4. The van der Waals surface area contributed by atoms with Gasteiger partial charge in [0.1, 0.15) is 6.42 Å². The lowest BCUT2D eigenvalue weighted by atomic mass is 10.00. The van der Waals surface area contributed by atoms with E-state index < -0.39 is 8.32 Å². The fraction of sp³-hybridized carbons (Fsp3) is 0.692. The summed E-state index contributed by atoms with van der Waals surface area (Å²) in [6.45, 7) is 11.5. The Morgan fingerprint density at radius 3 is 2.17 bits per heavy atom. The lowest BCUT2D eigenvalue weighted by Crippen LogP contribution is -2.28. The molecule has 3 nitrogen and oxygen atoms in total. The Kier molecular flexibility index (Phi) is 6.72.